The zero-order chi connectivity index (χ0) is 15.4. The Morgan fingerprint density at radius 1 is 1.14 bits per heavy atom. The van der Waals surface area contributed by atoms with Crippen molar-refractivity contribution in [1.82, 2.24) is 14.7 Å². The standard InChI is InChI=1S/C16H32N4O.ClH/c1-13(2)15(17)16(21)20-10-8-19(9-11-20)12-14-6-4-5-7-18(14)3;/h13-15H,4-12,17H2,1-3H3;1H/t14?,15-;/m0./s1. The first-order chi connectivity index (χ1) is 9.99. The Balaban J connectivity index is 0.00000242. The number of piperazine rings is 1. The van der Waals surface area contributed by atoms with Crippen LogP contribution in [0.4, 0.5) is 0 Å². The predicted molar refractivity (Wildman–Crippen MR) is 93.4 cm³/mol. The number of amides is 1. The smallest absolute Gasteiger partial charge is 0.239 e. The molecule has 130 valence electrons. The third kappa shape index (κ3) is 5.08. The molecule has 2 saturated heterocycles. The Bertz CT molecular complexity index is 345. The molecular formula is C16H33ClN4O. The van der Waals surface area contributed by atoms with Gasteiger partial charge in [-0.3, -0.25) is 9.69 Å². The van der Waals surface area contributed by atoms with Gasteiger partial charge in [0.25, 0.3) is 0 Å². The second-order valence-corrected chi connectivity index (χ2v) is 7.03. The number of carbonyl (C=O) groups is 1. The molecule has 0 bridgehead atoms. The summed E-state index contributed by atoms with van der Waals surface area (Å²) in [5.41, 5.74) is 5.98. The van der Waals surface area contributed by atoms with Gasteiger partial charge >= 0.3 is 0 Å². The van der Waals surface area contributed by atoms with Crippen molar-refractivity contribution in [1.29, 1.82) is 0 Å². The molecule has 22 heavy (non-hydrogen) atoms. The van der Waals surface area contributed by atoms with Gasteiger partial charge in [-0.1, -0.05) is 20.3 Å². The van der Waals surface area contributed by atoms with Crippen LogP contribution in [0, 0.1) is 5.92 Å². The lowest BCUT2D eigenvalue weighted by molar-refractivity contribution is -0.135. The maximum absolute atomic E-state index is 12.3. The number of likely N-dealkylation sites (tertiary alicyclic amines) is 1. The Morgan fingerprint density at radius 2 is 1.77 bits per heavy atom. The van der Waals surface area contributed by atoms with Crippen LogP contribution in [0.25, 0.3) is 0 Å². The van der Waals surface area contributed by atoms with Crippen LogP contribution >= 0.6 is 12.4 Å². The third-order valence-corrected chi connectivity index (χ3v) is 5.08. The van der Waals surface area contributed by atoms with Gasteiger partial charge in [-0.05, 0) is 32.4 Å². The Kier molecular flexibility index (Phi) is 8.11. The van der Waals surface area contributed by atoms with E-state index in [0.29, 0.717) is 6.04 Å². The number of rotatable bonds is 4. The van der Waals surface area contributed by atoms with Crippen LogP contribution in [-0.2, 0) is 4.79 Å². The van der Waals surface area contributed by atoms with E-state index in [1.54, 1.807) is 0 Å². The molecule has 0 spiro atoms. The number of carbonyl (C=O) groups excluding carboxylic acids is 1. The minimum Gasteiger partial charge on any atom is -0.339 e. The lowest BCUT2D eigenvalue weighted by atomic mass is 10.0. The fraction of sp³-hybridized carbons (Fsp3) is 0.938. The predicted octanol–water partition coefficient (Wildman–Crippen LogP) is 1.02. The van der Waals surface area contributed by atoms with E-state index >= 15 is 0 Å². The number of likely N-dealkylation sites (N-methyl/N-ethyl adjacent to an activating group) is 1. The normalized spacial score (nSPS) is 25.9. The summed E-state index contributed by atoms with van der Waals surface area (Å²) < 4.78 is 0. The molecule has 2 rings (SSSR count). The van der Waals surface area contributed by atoms with Gasteiger partial charge < -0.3 is 15.5 Å². The van der Waals surface area contributed by atoms with Gasteiger partial charge in [-0.2, -0.15) is 0 Å². The average molecular weight is 333 g/mol. The molecule has 5 nitrogen and oxygen atoms in total. The number of nitrogens with zero attached hydrogens (tertiary/aromatic N) is 3. The molecule has 2 aliphatic rings. The number of piperidine rings is 1. The molecule has 2 heterocycles. The summed E-state index contributed by atoms with van der Waals surface area (Å²) >= 11 is 0. The number of nitrogens with two attached hydrogens (primary N) is 1. The number of hydrogen-bond donors (Lipinski definition) is 1. The highest BCUT2D eigenvalue weighted by molar-refractivity contribution is 5.85. The van der Waals surface area contributed by atoms with Crippen LogP contribution in [0.1, 0.15) is 33.1 Å². The lowest BCUT2D eigenvalue weighted by Gasteiger charge is -2.40. The first-order valence-electron chi connectivity index (χ1n) is 8.46. The molecule has 2 fully saturated rings. The first-order valence-corrected chi connectivity index (χ1v) is 8.46. The summed E-state index contributed by atoms with van der Waals surface area (Å²) in [6.45, 7) is 10.0. The van der Waals surface area contributed by atoms with Gasteiger partial charge in [0.15, 0.2) is 0 Å². The van der Waals surface area contributed by atoms with Crippen LogP contribution in [0.2, 0.25) is 0 Å². The highest BCUT2D eigenvalue weighted by atomic mass is 35.5. The van der Waals surface area contributed by atoms with Crippen molar-refractivity contribution in [3.05, 3.63) is 0 Å². The molecule has 2 aliphatic heterocycles. The minimum absolute atomic E-state index is 0. The number of halogens is 1. The van der Waals surface area contributed by atoms with Crippen LogP contribution < -0.4 is 5.73 Å². The summed E-state index contributed by atoms with van der Waals surface area (Å²) in [6, 6.07) is 0.347. The van der Waals surface area contributed by atoms with Gasteiger partial charge in [0.2, 0.25) is 5.91 Å². The van der Waals surface area contributed by atoms with Gasteiger partial charge in [0, 0.05) is 38.8 Å². The summed E-state index contributed by atoms with van der Waals surface area (Å²) in [7, 11) is 2.24. The summed E-state index contributed by atoms with van der Waals surface area (Å²) in [6.07, 6.45) is 4.01. The molecule has 2 atom stereocenters. The minimum atomic E-state index is -0.346. The highest BCUT2D eigenvalue weighted by Crippen LogP contribution is 2.17. The maximum atomic E-state index is 12.3. The van der Waals surface area contributed by atoms with E-state index < -0.39 is 0 Å². The van der Waals surface area contributed by atoms with Crippen molar-refractivity contribution in [2.75, 3.05) is 46.3 Å². The van der Waals surface area contributed by atoms with Crippen molar-refractivity contribution < 1.29 is 4.79 Å². The monoisotopic (exact) mass is 332 g/mol. The topological polar surface area (TPSA) is 52.8 Å². The molecule has 1 unspecified atom stereocenters. The van der Waals surface area contributed by atoms with Crippen LogP contribution in [0.15, 0.2) is 0 Å². The zero-order valence-electron chi connectivity index (χ0n) is 14.3. The third-order valence-electron chi connectivity index (χ3n) is 5.08. The molecule has 0 aromatic carbocycles. The van der Waals surface area contributed by atoms with Crippen LogP contribution in [0.5, 0.6) is 0 Å². The quantitative estimate of drug-likeness (QED) is 0.835. The van der Waals surface area contributed by atoms with E-state index in [2.05, 4.69) is 16.8 Å². The molecule has 0 aromatic rings. The summed E-state index contributed by atoms with van der Waals surface area (Å²) in [4.78, 5) is 19.2. The molecular weight excluding hydrogens is 300 g/mol. The van der Waals surface area contributed by atoms with E-state index in [1.165, 1.54) is 25.8 Å². The average Bonchev–Trinajstić information content (AvgIpc) is 2.49. The van der Waals surface area contributed by atoms with Gasteiger partial charge in [0.1, 0.15) is 0 Å². The van der Waals surface area contributed by atoms with E-state index in [4.69, 9.17) is 5.73 Å². The largest absolute Gasteiger partial charge is 0.339 e. The van der Waals surface area contributed by atoms with Crippen molar-refractivity contribution in [2.45, 2.75) is 45.2 Å². The molecule has 0 radical (unpaired) electrons. The van der Waals surface area contributed by atoms with Crippen molar-refractivity contribution in [2.24, 2.45) is 11.7 Å². The van der Waals surface area contributed by atoms with E-state index in [9.17, 15) is 4.79 Å². The van der Waals surface area contributed by atoms with Crippen molar-refractivity contribution in [3.8, 4) is 0 Å². The van der Waals surface area contributed by atoms with Crippen molar-refractivity contribution >= 4 is 18.3 Å². The van der Waals surface area contributed by atoms with Gasteiger partial charge in [-0.25, -0.2) is 0 Å². The maximum Gasteiger partial charge on any atom is 0.239 e. The van der Waals surface area contributed by atoms with Crippen LogP contribution in [-0.4, -0.2) is 79.0 Å². The SMILES string of the molecule is CC(C)[C@H](N)C(=O)N1CCN(CC2CCCCN2C)CC1.Cl. The van der Waals surface area contributed by atoms with Crippen molar-refractivity contribution in [3.63, 3.8) is 0 Å². The fourth-order valence-electron chi connectivity index (χ4n) is 3.32. The zero-order valence-corrected chi connectivity index (χ0v) is 15.1. The fourth-order valence-corrected chi connectivity index (χ4v) is 3.32. The van der Waals surface area contributed by atoms with Gasteiger partial charge in [0.05, 0.1) is 6.04 Å². The Morgan fingerprint density at radius 3 is 2.32 bits per heavy atom. The molecule has 1 amide bonds. The molecule has 0 aromatic heterocycles. The molecule has 0 saturated carbocycles. The summed E-state index contributed by atoms with van der Waals surface area (Å²) in [5, 5.41) is 0. The highest BCUT2D eigenvalue weighted by Gasteiger charge is 2.28. The van der Waals surface area contributed by atoms with Crippen LogP contribution in [0.3, 0.4) is 0 Å². The molecule has 6 heteroatoms. The lowest BCUT2D eigenvalue weighted by Crippen LogP contribution is -2.56. The first kappa shape index (κ1) is 19.7. The molecule has 0 aliphatic carbocycles. The number of hydrogen-bond acceptors (Lipinski definition) is 4. The van der Waals surface area contributed by atoms with E-state index in [0.717, 1.165) is 32.7 Å². The Labute approximate surface area is 141 Å². The Hall–Kier alpha value is -0.360. The molecule has 2 N–H and O–H groups in total. The second-order valence-electron chi connectivity index (χ2n) is 7.03. The second kappa shape index (κ2) is 9.06. The van der Waals surface area contributed by atoms with Gasteiger partial charge in [-0.15, -0.1) is 12.4 Å². The van der Waals surface area contributed by atoms with E-state index in [-0.39, 0.29) is 30.3 Å². The van der Waals surface area contributed by atoms with E-state index in [1.807, 2.05) is 18.7 Å². The summed E-state index contributed by atoms with van der Waals surface area (Å²) in [5.74, 6) is 0.339.